The van der Waals surface area contributed by atoms with E-state index in [4.69, 9.17) is 5.11 Å². The maximum absolute atomic E-state index is 10.9. The average Bonchev–Trinajstić information content (AvgIpc) is 2.21. The molecule has 0 saturated heterocycles. The predicted octanol–water partition coefficient (Wildman–Crippen LogP) is 2.61. The molecule has 0 radical (unpaired) electrons. The van der Waals surface area contributed by atoms with Crippen molar-refractivity contribution in [2.45, 2.75) is 52.6 Å². The molecule has 2 unspecified atom stereocenters. The fourth-order valence-electron chi connectivity index (χ4n) is 1.28. The zero-order valence-electron chi connectivity index (χ0n) is 10.8. The minimum absolute atomic E-state index is 0.223. The number of thioether (sulfide) groups is 1. The van der Waals surface area contributed by atoms with Gasteiger partial charge in [-0.3, -0.25) is 4.79 Å². The highest BCUT2D eigenvalue weighted by Crippen LogP contribution is 2.13. The van der Waals surface area contributed by atoms with Gasteiger partial charge in [-0.2, -0.15) is 11.8 Å². The fraction of sp³-hybridized carbons (Fsp3) is 0.917. The molecule has 0 spiro atoms. The molecule has 2 atom stereocenters. The lowest BCUT2D eigenvalue weighted by molar-refractivity contribution is -0.139. The number of hydrogen-bond donors (Lipinski definition) is 2. The maximum Gasteiger partial charge on any atom is 0.320 e. The van der Waals surface area contributed by atoms with Gasteiger partial charge in [0.1, 0.15) is 6.04 Å². The van der Waals surface area contributed by atoms with Gasteiger partial charge in [-0.05, 0) is 23.8 Å². The van der Waals surface area contributed by atoms with Crippen molar-refractivity contribution in [2.75, 3.05) is 11.5 Å². The number of hydrogen-bond acceptors (Lipinski definition) is 3. The molecule has 0 saturated carbocycles. The van der Waals surface area contributed by atoms with Gasteiger partial charge in [0.15, 0.2) is 0 Å². The summed E-state index contributed by atoms with van der Waals surface area (Å²) in [7, 11) is 0. The SMILES string of the molecule is CCC(C)CSCCC(NC(C)C)C(=O)O. The van der Waals surface area contributed by atoms with Crippen LogP contribution >= 0.6 is 11.8 Å². The second-order valence-electron chi connectivity index (χ2n) is 4.59. The third-order valence-corrected chi connectivity index (χ3v) is 3.81. The summed E-state index contributed by atoms with van der Waals surface area (Å²) in [5.41, 5.74) is 0. The Bertz CT molecular complexity index is 197. The van der Waals surface area contributed by atoms with E-state index in [9.17, 15) is 4.79 Å². The third-order valence-electron chi connectivity index (χ3n) is 2.48. The maximum atomic E-state index is 10.9. The molecule has 96 valence electrons. The highest BCUT2D eigenvalue weighted by atomic mass is 32.2. The Hall–Kier alpha value is -0.220. The smallest absolute Gasteiger partial charge is 0.320 e. The lowest BCUT2D eigenvalue weighted by Gasteiger charge is -2.17. The van der Waals surface area contributed by atoms with E-state index >= 15 is 0 Å². The van der Waals surface area contributed by atoms with Crippen LogP contribution in [0.3, 0.4) is 0 Å². The van der Waals surface area contributed by atoms with E-state index in [1.165, 1.54) is 6.42 Å². The molecule has 0 aromatic rings. The Balaban J connectivity index is 3.72. The van der Waals surface area contributed by atoms with Crippen LogP contribution in [0.15, 0.2) is 0 Å². The molecule has 0 aliphatic carbocycles. The van der Waals surface area contributed by atoms with Crippen LogP contribution in [0.2, 0.25) is 0 Å². The van der Waals surface area contributed by atoms with Crippen molar-refractivity contribution < 1.29 is 9.90 Å². The van der Waals surface area contributed by atoms with Gasteiger partial charge in [-0.15, -0.1) is 0 Å². The first-order valence-electron chi connectivity index (χ1n) is 6.04. The van der Waals surface area contributed by atoms with Crippen LogP contribution in [0.5, 0.6) is 0 Å². The van der Waals surface area contributed by atoms with Gasteiger partial charge in [-0.25, -0.2) is 0 Å². The highest BCUT2D eigenvalue weighted by molar-refractivity contribution is 7.99. The van der Waals surface area contributed by atoms with Crippen LogP contribution in [0, 0.1) is 5.92 Å². The first-order chi connectivity index (χ1) is 7.47. The summed E-state index contributed by atoms with van der Waals surface area (Å²) in [4.78, 5) is 10.9. The molecule has 0 aliphatic rings. The quantitative estimate of drug-likeness (QED) is 0.615. The molecule has 0 amide bonds. The first kappa shape index (κ1) is 15.8. The Morgan fingerprint density at radius 2 is 2.00 bits per heavy atom. The summed E-state index contributed by atoms with van der Waals surface area (Å²) < 4.78 is 0. The second kappa shape index (κ2) is 8.88. The van der Waals surface area contributed by atoms with E-state index in [-0.39, 0.29) is 6.04 Å². The molecule has 16 heavy (non-hydrogen) atoms. The van der Waals surface area contributed by atoms with E-state index in [0.717, 1.165) is 17.4 Å². The van der Waals surface area contributed by atoms with Gasteiger partial charge in [-0.1, -0.05) is 34.1 Å². The average molecular weight is 247 g/mol. The fourth-order valence-corrected chi connectivity index (χ4v) is 2.49. The summed E-state index contributed by atoms with van der Waals surface area (Å²) in [6, 6.07) is -0.176. The molecular weight excluding hydrogens is 222 g/mol. The van der Waals surface area contributed by atoms with Crippen LogP contribution in [0.1, 0.15) is 40.5 Å². The number of carboxylic acids is 1. The molecule has 0 aromatic carbocycles. The van der Waals surface area contributed by atoms with Crippen molar-refractivity contribution in [3.63, 3.8) is 0 Å². The minimum Gasteiger partial charge on any atom is -0.480 e. The Morgan fingerprint density at radius 3 is 2.44 bits per heavy atom. The van der Waals surface area contributed by atoms with Gasteiger partial charge in [0, 0.05) is 6.04 Å². The molecule has 4 heteroatoms. The van der Waals surface area contributed by atoms with Gasteiger partial charge in [0.2, 0.25) is 0 Å². The van der Waals surface area contributed by atoms with Crippen molar-refractivity contribution >= 4 is 17.7 Å². The van der Waals surface area contributed by atoms with E-state index in [0.29, 0.717) is 6.42 Å². The van der Waals surface area contributed by atoms with Crippen LogP contribution in [-0.2, 0) is 4.79 Å². The first-order valence-corrected chi connectivity index (χ1v) is 7.19. The largest absolute Gasteiger partial charge is 0.480 e. The number of nitrogens with one attached hydrogen (secondary N) is 1. The van der Waals surface area contributed by atoms with Crippen LogP contribution in [0.25, 0.3) is 0 Å². The summed E-state index contributed by atoms with van der Waals surface area (Å²) >= 11 is 1.86. The Morgan fingerprint density at radius 1 is 1.38 bits per heavy atom. The number of carboxylic acid groups (broad SMARTS) is 1. The molecule has 0 aromatic heterocycles. The van der Waals surface area contributed by atoms with Crippen LogP contribution in [-0.4, -0.2) is 34.7 Å². The number of rotatable bonds is 9. The van der Waals surface area contributed by atoms with Gasteiger partial charge in [0.05, 0.1) is 0 Å². The standard InChI is InChI=1S/C12H25NO2S/c1-5-10(4)8-16-7-6-11(12(14)15)13-9(2)3/h9-11,13H,5-8H2,1-4H3,(H,14,15). The lowest BCUT2D eigenvalue weighted by Crippen LogP contribution is -2.41. The molecule has 2 N–H and O–H groups in total. The molecule has 0 fully saturated rings. The van der Waals surface area contributed by atoms with Gasteiger partial charge >= 0.3 is 5.97 Å². The molecule has 0 rings (SSSR count). The molecule has 0 aliphatic heterocycles. The van der Waals surface area contributed by atoms with E-state index in [1.807, 2.05) is 25.6 Å². The van der Waals surface area contributed by atoms with Crippen LogP contribution in [0.4, 0.5) is 0 Å². The summed E-state index contributed by atoms with van der Waals surface area (Å²) in [5.74, 6) is 2.04. The van der Waals surface area contributed by atoms with Crippen molar-refractivity contribution in [3.8, 4) is 0 Å². The zero-order chi connectivity index (χ0) is 12.6. The normalized spacial score (nSPS) is 15.1. The molecule has 0 heterocycles. The number of carbonyl (C=O) groups is 1. The Labute approximate surface area is 103 Å². The summed E-state index contributed by atoms with van der Waals surface area (Å²) in [6.07, 6.45) is 1.90. The van der Waals surface area contributed by atoms with Crippen molar-refractivity contribution in [3.05, 3.63) is 0 Å². The molecule has 3 nitrogen and oxygen atoms in total. The highest BCUT2D eigenvalue weighted by Gasteiger charge is 2.17. The summed E-state index contributed by atoms with van der Waals surface area (Å²) in [5, 5.41) is 12.1. The van der Waals surface area contributed by atoms with Gasteiger partial charge in [0.25, 0.3) is 0 Å². The van der Waals surface area contributed by atoms with Crippen LogP contribution < -0.4 is 5.32 Å². The summed E-state index contributed by atoms with van der Waals surface area (Å²) in [6.45, 7) is 8.37. The Kier molecular flexibility index (Phi) is 8.76. The van der Waals surface area contributed by atoms with E-state index < -0.39 is 12.0 Å². The monoisotopic (exact) mass is 247 g/mol. The zero-order valence-corrected chi connectivity index (χ0v) is 11.6. The second-order valence-corrected chi connectivity index (χ2v) is 5.74. The van der Waals surface area contributed by atoms with E-state index in [2.05, 4.69) is 19.2 Å². The third kappa shape index (κ3) is 7.99. The number of aliphatic carboxylic acids is 1. The minimum atomic E-state index is -0.738. The van der Waals surface area contributed by atoms with Gasteiger partial charge < -0.3 is 10.4 Å². The van der Waals surface area contributed by atoms with Crippen molar-refractivity contribution in [1.82, 2.24) is 5.32 Å². The topological polar surface area (TPSA) is 49.3 Å². The van der Waals surface area contributed by atoms with Crippen molar-refractivity contribution in [1.29, 1.82) is 0 Å². The predicted molar refractivity (Wildman–Crippen MR) is 71.1 cm³/mol. The van der Waals surface area contributed by atoms with Crippen molar-refractivity contribution in [2.24, 2.45) is 5.92 Å². The molecule has 0 bridgehead atoms. The van der Waals surface area contributed by atoms with E-state index in [1.54, 1.807) is 0 Å². The lowest BCUT2D eigenvalue weighted by atomic mass is 10.2. The molecular formula is C12H25NO2S.